The zero-order valence-electron chi connectivity index (χ0n) is 13.6. The van der Waals surface area contributed by atoms with Crippen LogP contribution in [0.15, 0.2) is 55.9 Å². The number of alkyl halides is 1. The summed E-state index contributed by atoms with van der Waals surface area (Å²) in [5.74, 6) is 0. The molecule has 0 radical (unpaired) electrons. The molecule has 0 N–H and O–H groups in total. The van der Waals surface area contributed by atoms with Crippen molar-refractivity contribution in [3.05, 3.63) is 57.2 Å². The van der Waals surface area contributed by atoms with Gasteiger partial charge in [-0.15, -0.1) is 0 Å². The molecule has 0 amide bonds. The molecule has 0 aliphatic rings. The summed E-state index contributed by atoms with van der Waals surface area (Å²) in [6, 6.07) is 11.3. The Hall–Kier alpha value is -1.27. The average molecular weight is 397 g/mol. The van der Waals surface area contributed by atoms with Gasteiger partial charge in [0.05, 0.1) is 5.03 Å². The maximum absolute atomic E-state index is 12.5. The Morgan fingerprint density at radius 2 is 1.83 bits per heavy atom. The van der Waals surface area contributed by atoms with E-state index in [1.807, 2.05) is 30.3 Å². The van der Waals surface area contributed by atoms with E-state index in [0.29, 0.717) is 11.6 Å². The SMILES string of the molecule is Cn1c(=O)cc(Sc2ccccc2)n(CCC(C)(C)CBr)c1=O. The number of halogens is 1. The number of benzene rings is 1. The summed E-state index contributed by atoms with van der Waals surface area (Å²) in [7, 11) is 1.52. The lowest BCUT2D eigenvalue weighted by Crippen LogP contribution is -2.39. The number of rotatable bonds is 6. The predicted molar refractivity (Wildman–Crippen MR) is 98.7 cm³/mol. The highest BCUT2D eigenvalue weighted by atomic mass is 79.9. The van der Waals surface area contributed by atoms with Gasteiger partial charge in [0.2, 0.25) is 0 Å². The minimum Gasteiger partial charge on any atom is -0.288 e. The van der Waals surface area contributed by atoms with E-state index in [2.05, 4.69) is 29.8 Å². The molecule has 0 unspecified atom stereocenters. The van der Waals surface area contributed by atoms with Crippen LogP contribution in [-0.2, 0) is 13.6 Å². The molecular weight excluding hydrogens is 376 g/mol. The molecule has 0 aliphatic heterocycles. The quantitative estimate of drug-likeness (QED) is 0.554. The van der Waals surface area contributed by atoms with Gasteiger partial charge in [0.15, 0.2) is 0 Å². The zero-order valence-corrected chi connectivity index (χ0v) is 16.0. The molecule has 4 nitrogen and oxygen atoms in total. The fourth-order valence-corrected chi connectivity index (χ4v) is 3.29. The zero-order chi connectivity index (χ0) is 17.0. The molecule has 1 aromatic carbocycles. The van der Waals surface area contributed by atoms with Crippen LogP contribution in [0.5, 0.6) is 0 Å². The van der Waals surface area contributed by atoms with E-state index in [0.717, 1.165) is 21.2 Å². The molecular formula is C17H21BrN2O2S. The van der Waals surface area contributed by atoms with Gasteiger partial charge in [-0.05, 0) is 24.0 Å². The molecule has 0 bridgehead atoms. The van der Waals surface area contributed by atoms with Crippen molar-refractivity contribution >= 4 is 27.7 Å². The van der Waals surface area contributed by atoms with Gasteiger partial charge in [-0.2, -0.15) is 0 Å². The molecule has 23 heavy (non-hydrogen) atoms. The highest BCUT2D eigenvalue weighted by molar-refractivity contribution is 9.09. The number of aromatic nitrogens is 2. The van der Waals surface area contributed by atoms with E-state index in [1.165, 1.54) is 18.8 Å². The first kappa shape index (κ1) is 18.1. The second-order valence-electron chi connectivity index (χ2n) is 6.28. The molecule has 2 aromatic rings. The van der Waals surface area contributed by atoms with Crippen LogP contribution >= 0.6 is 27.7 Å². The average Bonchev–Trinajstić information content (AvgIpc) is 2.53. The molecule has 0 spiro atoms. The highest BCUT2D eigenvalue weighted by Gasteiger charge is 2.18. The maximum Gasteiger partial charge on any atom is 0.331 e. The van der Waals surface area contributed by atoms with E-state index in [1.54, 1.807) is 10.6 Å². The minimum atomic E-state index is -0.274. The summed E-state index contributed by atoms with van der Waals surface area (Å²) in [6.45, 7) is 4.89. The summed E-state index contributed by atoms with van der Waals surface area (Å²) in [5, 5.41) is 1.55. The Bertz CT molecular complexity index is 781. The summed E-state index contributed by atoms with van der Waals surface area (Å²) in [5.41, 5.74) is -0.450. The van der Waals surface area contributed by atoms with Crippen LogP contribution < -0.4 is 11.2 Å². The molecule has 0 aliphatic carbocycles. The summed E-state index contributed by atoms with van der Waals surface area (Å²) >= 11 is 4.96. The highest BCUT2D eigenvalue weighted by Crippen LogP contribution is 2.28. The molecule has 6 heteroatoms. The second-order valence-corrected chi connectivity index (χ2v) is 7.93. The first-order valence-corrected chi connectivity index (χ1v) is 9.37. The van der Waals surface area contributed by atoms with Crippen molar-refractivity contribution in [2.75, 3.05) is 5.33 Å². The van der Waals surface area contributed by atoms with Crippen molar-refractivity contribution in [3.63, 3.8) is 0 Å². The fraction of sp³-hybridized carbons (Fsp3) is 0.412. The van der Waals surface area contributed by atoms with Gasteiger partial charge >= 0.3 is 5.69 Å². The van der Waals surface area contributed by atoms with E-state index in [-0.39, 0.29) is 16.7 Å². The molecule has 0 saturated heterocycles. The van der Waals surface area contributed by atoms with Gasteiger partial charge in [-0.3, -0.25) is 13.9 Å². The number of hydrogen-bond acceptors (Lipinski definition) is 3. The van der Waals surface area contributed by atoms with Crippen molar-refractivity contribution in [2.24, 2.45) is 12.5 Å². The van der Waals surface area contributed by atoms with E-state index >= 15 is 0 Å². The summed E-state index contributed by atoms with van der Waals surface area (Å²) < 4.78 is 2.86. The van der Waals surface area contributed by atoms with Crippen molar-refractivity contribution in [1.82, 2.24) is 9.13 Å². The number of nitrogens with zero attached hydrogens (tertiary/aromatic N) is 2. The van der Waals surface area contributed by atoms with Crippen molar-refractivity contribution in [2.45, 2.75) is 36.7 Å². The van der Waals surface area contributed by atoms with Gasteiger partial charge < -0.3 is 0 Å². The normalized spacial score (nSPS) is 11.7. The lowest BCUT2D eigenvalue weighted by Gasteiger charge is -2.23. The minimum absolute atomic E-state index is 0.0861. The van der Waals surface area contributed by atoms with Crippen LogP contribution in [0.4, 0.5) is 0 Å². The second kappa shape index (κ2) is 7.53. The van der Waals surface area contributed by atoms with Gasteiger partial charge in [-0.1, -0.05) is 59.7 Å². The van der Waals surface area contributed by atoms with Crippen molar-refractivity contribution < 1.29 is 0 Å². The first-order chi connectivity index (χ1) is 10.8. The molecule has 1 heterocycles. The van der Waals surface area contributed by atoms with Crippen molar-refractivity contribution in [1.29, 1.82) is 0 Å². The Morgan fingerprint density at radius 1 is 1.17 bits per heavy atom. The molecule has 124 valence electrons. The molecule has 1 aromatic heterocycles. The Labute approximate surface area is 148 Å². The van der Waals surface area contributed by atoms with Crippen molar-refractivity contribution in [3.8, 4) is 0 Å². The van der Waals surface area contributed by atoms with Crippen LogP contribution in [0.1, 0.15) is 20.3 Å². The van der Waals surface area contributed by atoms with E-state index in [4.69, 9.17) is 0 Å². The standard InChI is InChI=1S/C17H21BrN2O2S/c1-17(2,12-18)9-10-20-15(11-14(21)19(3)16(20)22)23-13-7-5-4-6-8-13/h4-8,11H,9-10,12H2,1-3H3. The van der Waals surface area contributed by atoms with Gasteiger partial charge in [0.25, 0.3) is 5.56 Å². The fourth-order valence-electron chi connectivity index (χ4n) is 2.03. The van der Waals surface area contributed by atoms with Gasteiger partial charge in [0, 0.05) is 29.9 Å². The third-order valence-electron chi connectivity index (χ3n) is 3.70. The molecule has 2 rings (SSSR count). The molecule has 0 atom stereocenters. The predicted octanol–water partition coefficient (Wildman–Crippen LogP) is 3.51. The van der Waals surface area contributed by atoms with Gasteiger partial charge in [-0.25, -0.2) is 4.79 Å². The lowest BCUT2D eigenvalue weighted by atomic mass is 9.92. The topological polar surface area (TPSA) is 44.0 Å². The Kier molecular flexibility index (Phi) is 5.92. The number of hydrogen-bond donors (Lipinski definition) is 0. The summed E-state index contributed by atoms with van der Waals surface area (Å²) in [4.78, 5) is 25.5. The molecule has 0 saturated carbocycles. The van der Waals surface area contributed by atoms with Crippen LogP contribution in [0.3, 0.4) is 0 Å². The van der Waals surface area contributed by atoms with Crippen LogP contribution in [0.2, 0.25) is 0 Å². The van der Waals surface area contributed by atoms with Crippen LogP contribution in [0, 0.1) is 5.41 Å². The third kappa shape index (κ3) is 4.61. The first-order valence-electron chi connectivity index (χ1n) is 7.44. The van der Waals surface area contributed by atoms with Crippen LogP contribution in [-0.4, -0.2) is 14.5 Å². The van der Waals surface area contributed by atoms with Gasteiger partial charge in [0.1, 0.15) is 0 Å². The smallest absolute Gasteiger partial charge is 0.288 e. The van der Waals surface area contributed by atoms with E-state index in [9.17, 15) is 9.59 Å². The van der Waals surface area contributed by atoms with E-state index < -0.39 is 0 Å². The largest absolute Gasteiger partial charge is 0.331 e. The summed E-state index contributed by atoms with van der Waals surface area (Å²) in [6.07, 6.45) is 0.846. The van der Waals surface area contributed by atoms with Crippen LogP contribution in [0.25, 0.3) is 0 Å². The molecule has 0 fully saturated rings. The Balaban J connectivity index is 2.40. The maximum atomic E-state index is 12.5. The third-order valence-corrected chi connectivity index (χ3v) is 6.27. The monoisotopic (exact) mass is 396 g/mol. The lowest BCUT2D eigenvalue weighted by molar-refractivity contribution is 0.346. The Morgan fingerprint density at radius 3 is 2.43 bits per heavy atom.